The number of rotatable bonds is 4. The number of hydrogen-bond acceptors (Lipinski definition) is 2. The van der Waals surface area contributed by atoms with Gasteiger partial charge in [-0.1, -0.05) is 36.4 Å². The minimum atomic E-state index is 0.436. The Kier molecular flexibility index (Phi) is 4.14. The molecule has 2 nitrogen and oxygen atoms in total. The Labute approximate surface area is 97.5 Å². The van der Waals surface area contributed by atoms with Gasteiger partial charge in [0.15, 0.2) is 0 Å². The normalized spacial score (nSPS) is 19.2. The van der Waals surface area contributed by atoms with Gasteiger partial charge in [0.25, 0.3) is 0 Å². The first-order chi connectivity index (χ1) is 7.90. The zero-order valence-corrected chi connectivity index (χ0v) is 9.64. The summed E-state index contributed by atoms with van der Waals surface area (Å²) in [5.41, 5.74) is 1.37. The van der Waals surface area contributed by atoms with Crippen LogP contribution in [0.1, 0.15) is 5.56 Å². The fraction of sp³-hybridized carbons (Fsp3) is 0.429. The first-order valence-electron chi connectivity index (χ1n) is 5.88. The van der Waals surface area contributed by atoms with Crippen LogP contribution >= 0.6 is 0 Å². The summed E-state index contributed by atoms with van der Waals surface area (Å²) in [6.07, 6.45) is 3.10. The van der Waals surface area contributed by atoms with Crippen molar-refractivity contribution in [2.24, 2.45) is 0 Å². The highest BCUT2D eigenvalue weighted by Crippen LogP contribution is 2.11. The number of ether oxygens (including phenoxy) is 1. The van der Waals surface area contributed by atoms with Crippen molar-refractivity contribution in [2.75, 3.05) is 26.3 Å². The molecule has 1 atom stereocenters. The maximum absolute atomic E-state index is 5.37. The van der Waals surface area contributed by atoms with E-state index >= 15 is 0 Å². The van der Waals surface area contributed by atoms with Gasteiger partial charge in [-0.3, -0.25) is 4.90 Å². The van der Waals surface area contributed by atoms with Gasteiger partial charge >= 0.3 is 0 Å². The minimum Gasteiger partial charge on any atom is -0.379 e. The SMILES string of the molecule is C=CC(Cc1ccccc1)N1CCOCC1. The largest absolute Gasteiger partial charge is 0.379 e. The quantitative estimate of drug-likeness (QED) is 0.716. The lowest BCUT2D eigenvalue weighted by Gasteiger charge is -2.32. The second-order valence-electron chi connectivity index (χ2n) is 4.14. The van der Waals surface area contributed by atoms with Crippen LogP contribution in [-0.2, 0) is 11.2 Å². The van der Waals surface area contributed by atoms with Crippen LogP contribution in [0.5, 0.6) is 0 Å². The summed E-state index contributed by atoms with van der Waals surface area (Å²) < 4.78 is 5.37. The van der Waals surface area contributed by atoms with Gasteiger partial charge in [-0.25, -0.2) is 0 Å². The van der Waals surface area contributed by atoms with Crippen LogP contribution in [0.25, 0.3) is 0 Å². The summed E-state index contributed by atoms with van der Waals surface area (Å²) in [5, 5.41) is 0. The zero-order valence-electron chi connectivity index (χ0n) is 9.64. The van der Waals surface area contributed by atoms with Crippen LogP contribution in [-0.4, -0.2) is 37.2 Å². The van der Waals surface area contributed by atoms with E-state index in [1.165, 1.54) is 5.56 Å². The van der Waals surface area contributed by atoms with Crippen LogP contribution in [0.3, 0.4) is 0 Å². The van der Waals surface area contributed by atoms with Gasteiger partial charge in [0.2, 0.25) is 0 Å². The first kappa shape index (κ1) is 11.4. The molecule has 2 rings (SSSR count). The first-order valence-corrected chi connectivity index (χ1v) is 5.88. The molecular weight excluding hydrogens is 198 g/mol. The van der Waals surface area contributed by atoms with Crippen LogP contribution in [0.15, 0.2) is 43.0 Å². The second-order valence-corrected chi connectivity index (χ2v) is 4.14. The highest BCUT2D eigenvalue weighted by Gasteiger charge is 2.18. The Bertz CT molecular complexity index is 317. The van der Waals surface area contributed by atoms with Gasteiger partial charge in [0, 0.05) is 19.1 Å². The Morgan fingerprint density at radius 2 is 1.94 bits per heavy atom. The van der Waals surface area contributed by atoms with Crippen molar-refractivity contribution in [3.05, 3.63) is 48.6 Å². The molecule has 2 heteroatoms. The van der Waals surface area contributed by atoms with Gasteiger partial charge in [0.1, 0.15) is 0 Å². The summed E-state index contributed by atoms with van der Waals surface area (Å²) in [7, 11) is 0. The molecular formula is C14H19NO. The Hall–Kier alpha value is -1.12. The van der Waals surface area contributed by atoms with Crippen LogP contribution in [0.2, 0.25) is 0 Å². The molecule has 0 spiro atoms. The van der Waals surface area contributed by atoms with Gasteiger partial charge in [0.05, 0.1) is 13.2 Å². The van der Waals surface area contributed by atoms with E-state index in [0.717, 1.165) is 32.7 Å². The molecule has 0 amide bonds. The Morgan fingerprint density at radius 1 is 1.25 bits per heavy atom. The van der Waals surface area contributed by atoms with Crippen molar-refractivity contribution in [3.8, 4) is 0 Å². The molecule has 1 aromatic rings. The lowest BCUT2D eigenvalue weighted by molar-refractivity contribution is 0.0257. The fourth-order valence-electron chi connectivity index (χ4n) is 2.13. The lowest BCUT2D eigenvalue weighted by Crippen LogP contribution is -2.43. The third-order valence-electron chi connectivity index (χ3n) is 3.07. The molecule has 1 aromatic carbocycles. The Balaban J connectivity index is 1.97. The number of benzene rings is 1. The topological polar surface area (TPSA) is 12.5 Å². The Morgan fingerprint density at radius 3 is 2.56 bits per heavy atom. The maximum atomic E-state index is 5.37. The van der Waals surface area contributed by atoms with Crippen molar-refractivity contribution in [2.45, 2.75) is 12.5 Å². The van der Waals surface area contributed by atoms with E-state index in [9.17, 15) is 0 Å². The van der Waals surface area contributed by atoms with E-state index < -0.39 is 0 Å². The van der Waals surface area contributed by atoms with E-state index in [2.05, 4.69) is 47.9 Å². The minimum absolute atomic E-state index is 0.436. The molecule has 0 N–H and O–H groups in total. The van der Waals surface area contributed by atoms with Crippen molar-refractivity contribution in [3.63, 3.8) is 0 Å². The van der Waals surface area contributed by atoms with Gasteiger partial charge in [-0.2, -0.15) is 0 Å². The monoisotopic (exact) mass is 217 g/mol. The van der Waals surface area contributed by atoms with E-state index in [-0.39, 0.29) is 0 Å². The molecule has 0 saturated carbocycles. The van der Waals surface area contributed by atoms with Gasteiger partial charge in [-0.05, 0) is 12.0 Å². The lowest BCUT2D eigenvalue weighted by atomic mass is 10.0. The standard InChI is InChI=1S/C14H19NO/c1-2-14(15-8-10-16-11-9-15)12-13-6-4-3-5-7-13/h2-7,14H,1,8-12H2. The third-order valence-corrected chi connectivity index (χ3v) is 3.07. The third kappa shape index (κ3) is 2.94. The molecule has 1 fully saturated rings. The average molecular weight is 217 g/mol. The van der Waals surface area contributed by atoms with E-state index in [1.54, 1.807) is 0 Å². The molecule has 1 saturated heterocycles. The zero-order chi connectivity index (χ0) is 11.2. The second kappa shape index (κ2) is 5.83. The molecule has 0 bridgehead atoms. The summed E-state index contributed by atoms with van der Waals surface area (Å²) in [6.45, 7) is 7.68. The van der Waals surface area contributed by atoms with Crippen molar-refractivity contribution in [1.82, 2.24) is 4.90 Å². The summed E-state index contributed by atoms with van der Waals surface area (Å²) >= 11 is 0. The number of nitrogens with zero attached hydrogens (tertiary/aromatic N) is 1. The summed E-state index contributed by atoms with van der Waals surface area (Å²) in [5.74, 6) is 0. The highest BCUT2D eigenvalue weighted by molar-refractivity contribution is 5.17. The summed E-state index contributed by atoms with van der Waals surface area (Å²) in [6, 6.07) is 11.0. The molecule has 0 aromatic heterocycles. The number of hydrogen-bond donors (Lipinski definition) is 0. The van der Waals surface area contributed by atoms with E-state index in [4.69, 9.17) is 4.74 Å². The molecule has 1 aliphatic rings. The molecule has 1 aliphatic heterocycles. The smallest absolute Gasteiger partial charge is 0.0594 e. The fourth-order valence-corrected chi connectivity index (χ4v) is 2.13. The molecule has 0 aliphatic carbocycles. The molecule has 1 heterocycles. The maximum Gasteiger partial charge on any atom is 0.0594 e. The van der Waals surface area contributed by atoms with Crippen LogP contribution < -0.4 is 0 Å². The molecule has 1 unspecified atom stereocenters. The van der Waals surface area contributed by atoms with E-state index in [0.29, 0.717) is 6.04 Å². The highest BCUT2D eigenvalue weighted by atomic mass is 16.5. The summed E-state index contributed by atoms with van der Waals surface area (Å²) in [4.78, 5) is 2.45. The molecule has 0 radical (unpaired) electrons. The van der Waals surface area contributed by atoms with Crippen molar-refractivity contribution in [1.29, 1.82) is 0 Å². The predicted octanol–water partition coefficient (Wildman–Crippen LogP) is 2.12. The van der Waals surface area contributed by atoms with E-state index in [1.807, 2.05) is 0 Å². The molecule has 16 heavy (non-hydrogen) atoms. The van der Waals surface area contributed by atoms with Gasteiger partial charge < -0.3 is 4.74 Å². The predicted molar refractivity (Wildman–Crippen MR) is 66.5 cm³/mol. The average Bonchev–Trinajstić information content (AvgIpc) is 2.38. The van der Waals surface area contributed by atoms with Gasteiger partial charge in [-0.15, -0.1) is 6.58 Å². The number of morpholine rings is 1. The van der Waals surface area contributed by atoms with Crippen molar-refractivity contribution >= 4 is 0 Å². The van der Waals surface area contributed by atoms with Crippen LogP contribution in [0, 0.1) is 0 Å². The van der Waals surface area contributed by atoms with Crippen molar-refractivity contribution < 1.29 is 4.74 Å². The molecule has 86 valence electrons. The van der Waals surface area contributed by atoms with Crippen LogP contribution in [0.4, 0.5) is 0 Å².